The second-order valence-corrected chi connectivity index (χ2v) is 14.1. The van der Waals surface area contributed by atoms with Crippen LogP contribution in [-0.4, -0.2) is 87.1 Å². The van der Waals surface area contributed by atoms with Crippen molar-refractivity contribution in [2.75, 3.05) is 25.5 Å². The summed E-state index contributed by atoms with van der Waals surface area (Å²) in [5.41, 5.74) is 3.49. The van der Waals surface area contributed by atoms with Crippen LogP contribution in [0, 0.1) is 13.8 Å². The number of fused-ring (bicyclic) bond motifs is 4. The Kier molecular flexibility index (Phi) is 9.65. The SMILES string of the molecule is COC(=O)CC1N=C(c2ccc(Cl)cc2)c2c(sc(C(=O)NCCCNc3cccc4c3C(=O)N(C3CCC(=O)NC3=O)C4=O)c2C)-n2c(C)nnc21. The van der Waals surface area contributed by atoms with Crippen molar-refractivity contribution in [2.24, 2.45) is 4.99 Å². The maximum absolute atomic E-state index is 13.7. The lowest BCUT2D eigenvalue weighted by Gasteiger charge is -2.27. The van der Waals surface area contributed by atoms with E-state index in [2.05, 4.69) is 26.1 Å². The van der Waals surface area contributed by atoms with Crippen molar-refractivity contribution < 1.29 is 33.5 Å². The summed E-state index contributed by atoms with van der Waals surface area (Å²) in [5.74, 6) is -2.04. The minimum Gasteiger partial charge on any atom is -0.469 e. The fourth-order valence-corrected chi connectivity index (χ4v) is 8.14. The molecule has 0 saturated carbocycles. The van der Waals surface area contributed by atoms with E-state index in [0.29, 0.717) is 62.0 Å². The summed E-state index contributed by atoms with van der Waals surface area (Å²) in [7, 11) is 1.32. The van der Waals surface area contributed by atoms with Gasteiger partial charge < -0.3 is 15.4 Å². The van der Waals surface area contributed by atoms with Crippen LogP contribution >= 0.6 is 22.9 Å². The van der Waals surface area contributed by atoms with E-state index in [4.69, 9.17) is 21.3 Å². The molecule has 2 unspecified atom stereocenters. The average Bonchev–Trinajstić information content (AvgIpc) is 3.73. The number of hydrogen-bond donors (Lipinski definition) is 3. The quantitative estimate of drug-likeness (QED) is 0.122. The molecule has 2 aromatic carbocycles. The number of aromatic nitrogens is 3. The van der Waals surface area contributed by atoms with Crippen molar-refractivity contribution >= 4 is 69.8 Å². The lowest BCUT2D eigenvalue weighted by molar-refractivity contribution is -0.141. The number of carbonyl (C=O) groups excluding carboxylic acids is 6. The second kappa shape index (κ2) is 14.4. The summed E-state index contributed by atoms with van der Waals surface area (Å²) in [4.78, 5) is 83.2. The van der Waals surface area contributed by atoms with E-state index in [1.165, 1.54) is 24.5 Å². The highest BCUT2D eigenvalue weighted by molar-refractivity contribution is 7.17. The number of anilines is 1. The van der Waals surface area contributed by atoms with E-state index < -0.39 is 41.7 Å². The normalized spacial score (nSPS) is 17.7. The van der Waals surface area contributed by atoms with Gasteiger partial charge in [0.2, 0.25) is 11.8 Å². The molecule has 1 fully saturated rings. The summed E-state index contributed by atoms with van der Waals surface area (Å²) in [6, 6.07) is 10.3. The van der Waals surface area contributed by atoms with Gasteiger partial charge >= 0.3 is 5.97 Å². The number of nitrogens with zero attached hydrogens (tertiary/aromatic N) is 5. The second-order valence-electron chi connectivity index (χ2n) is 12.7. The third kappa shape index (κ3) is 6.48. The minimum absolute atomic E-state index is 0.0321. The molecule has 5 amide bonds. The van der Waals surface area contributed by atoms with E-state index in [9.17, 15) is 28.8 Å². The van der Waals surface area contributed by atoms with E-state index >= 15 is 0 Å². The number of methoxy groups -OCH3 is 1. The Morgan fingerprint density at radius 1 is 1.02 bits per heavy atom. The van der Waals surface area contributed by atoms with Crippen LogP contribution < -0.4 is 16.0 Å². The number of carbonyl (C=O) groups is 6. The van der Waals surface area contributed by atoms with Gasteiger partial charge in [0.05, 0.1) is 35.2 Å². The maximum Gasteiger partial charge on any atom is 0.308 e. The first-order valence-electron chi connectivity index (χ1n) is 16.8. The third-order valence-corrected chi connectivity index (χ3v) is 10.9. The number of ether oxygens (including phenoxy) is 1. The van der Waals surface area contributed by atoms with Gasteiger partial charge in [0.15, 0.2) is 5.82 Å². The van der Waals surface area contributed by atoms with Gasteiger partial charge in [-0.05, 0) is 56.5 Å². The number of esters is 1. The van der Waals surface area contributed by atoms with Gasteiger partial charge in [0.1, 0.15) is 22.9 Å². The van der Waals surface area contributed by atoms with Gasteiger partial charge in [0.25, 0.3) is 17.7 Å². The molecule has 2 atom stereocenters. The molecule has 3 aliphatic rings. The number of halogens is 1. The number of amides is 5. The van der Waals surface area contributed by atoms with Crippen molar-refractivity contribution in [3.63, 3.8) is 0 Å². The Morgan fingerprint density at radius 2 is 1.79 bits per heavy atom. The largest absolute Gasteiger partial charge is 0.469 e. The lowest BCUT2D eigenvalue weighted by Crippen LogP contribution is -2.54. The molecule has 3 N–H and O–H groups in total. The summed E-state index contributed by atoms with van der Waals surface area (Å²) < 4.78 is 6.79. The Labute approximate surface area is 311 Å². The first kappa shape index (κ1) is 35.7. The van der Waals surface area contributed by atoms with Crippen LogP contribution in [0.1, 0.15) is 90.5 Å². The molecule has 1 saturated heterocycles. The molecular formula is C36H33ClN8O7S. The van der Waals surface area contributed by atoms with Crippen molar-refractivity contribution in [2.45, 2.75) is 51.6 Å². The first-order valence-corrected chi connectivity index (χ1v) is 18.0. The van der Waals surface area contributed by atoms with E-state index in [1.54, 1.807) is 31.2 Å². The van der Waals surface area contributed by atoms with Gasteiger partial charge in [-0.2, -0.15) is 0 Å². The molecular weight excluding hydrogens is 724 g/mol. The van der Waals surface area contributed by atoms with Crippen LogP contribution in [0.2, 0.25) is 5.02 Å². The third-order valence-electron chi connectivity index (χ3n) is 9.34. The van der Waals surface area contributed by atoms with Gasteiger partial charge in [0, 0.05) is 41.3 Å². The van der Waals surface area contributed by atoms with Crippen LogP contribution in [0.3, 0.4) is 0 Å². The van der Waals surface area contributed by atoms with Crippen LogP contribution in [-0.2, 0) is 19.1 Å². The molecule has 0 radical (unpaired) electrons. The van der Waals surface area contributed by atoms with E-state index in [1.807, 2.05) is 23.6 Å². The Bertz CT molecular complexity index is 2250. The molecule has 2 aromatic heterocycles. The van der Waals surface area contributed by atoms with Crippen LogP contribution in [0.5, 0.6) is 0 Å². The zero-order valence-corrected chi connectivity index (χ0v) is 30.4. The number of imide groups is 2. The minimum atomic E-state index is -1.06. The average molecular weight is 757 g/mol. The predicted molar refractivity (Wildman–Crippen MR) is 194 cm³/mol. The highest BCUT2D eigenvalue weighted by Crippen LogP contribution is 2.40. The number of thiophene rings is 1. The molecule has 0 aliphatic carbocycles. The zero-order valence-electron chi connectivity index (χ0n) is 28.8. The van der Waals surface area contributed by atoms with Gasteiger partial charge in [-0.25, -0.2) is 0 Å². The number of hydrogen-bond acceptors (Lipinski definition) is 12. The summed E-state index contributed by atoms with van der Waals surface area (Å²) in [6.07, 6.45) is 0.510. The van der Waals surface area contributed by atoms with Gasteiger partial charge in [-0.1, -0.05) is 29.8 Å². The molecule has 17 heteroatoms. The molecule has 4 aromatic rings. The number of nitrogens with one attached hydrogen (secondary N) is 3. The smallest absolute Gasteiger partial charge is 0.308 e. The molecule has 5 heterocycles. The molecule has 3 aliphatic heterocycles. The molecule has 0 bridgehead atoms. The van der Waals surface area contributed by atoms with Crippen molar-refractivity contribution in [1.29, 1.82) is 0 Å². The number of rotatable bonds is 10. The highest BCUT2D eigenvalue weighted by atomic mass is 35.5. The highest BCUT2D eigenvalue weighted by Gasteiger charge is 2.45. The maximum atomic E-state index is 13.7. The van der Waals surface area contributed by atoms with Crippen molar-refractivity contribution in [1.82, 2.24) is 30.3 Å². The zero-order chi connectivity index (χ0) is 37.6. The Morgan fingerprint density at radius 3 is 2.53 bits per heavy atom. The number of aliphatic imine (C=N–C) groups is 1. The predicted octanol–water partition coefficient (Wildman–Crippen LogP) is 3.69. The standard InChI is InChI=1S/C36H33ClN8O7S/c1-17-27-29(19-8-10-20(37)11-9-19)40-23(16-26(47)52-3)31-43-42-18(2)44(31)36(27)53-30(17)33(49)39-15-5-14-38-22-7-4-6-21-28(22)35(51)45(34(21)50)24-12-13-25(46)41-32(24)48/h4,6-11,23-24,38H,5,12-16H2,1-3H3,(H,39,49)(H,41,46,48). The Hall–Kier alpha value is -5.74. The fraction of sp³-hybridized carbons (Fsp3) is 0.306. The van der Waals surface area contributed by atoms with Crippen LogP contribution in [0.4, 0.5) is 5.69 Å². The molecule has 53 heavy (non-hydrogen) atoms. The number of piperidine rings is 1. The van der Waals surface area contributed by atoms with E-state index in [0.717, 1.165) is 10.5 Å². The molecule has 0 spiro atoms. The van der Waals surface area contributed by atoms with Gasteiger partial charge in [-0.15, -0.1) is 21.5 Å². The summed E-state index contributed by atoms with van der Waals surface area (Å²) in [6.45, 7) is 4.29. The van der Waals surface area contributed by atoms with Crippen LogP contribution in [0.15, 0.2) is 47.5 Å². The summed E-state index contributed by atoms with van der Waals surface area (Å²) in [5, 5.41) is 18.3. The molecule has 15 nitrogen and oxygen atoms in total. The topological polar surface area (TPSA) is 194 Å². The summed E-state index contributed by atoms with van der Waals surface area (Å²) >= 11 is 7.48. The van der Waals surface area contributed by atoms with Crippen molar-refractivity contribution in [3.8, 4) is 5.00 Å². The van der Waals surface area contributed by atoms with Crippen molar-refractivity contribution in [3.05, 3.63) is 91.8 Å². The van der Waals surface area contributed by atoms with E-state index in [-0.39, 0.29) is 42.8 Å². The number of aryl methyl sites for hydroxylation is 1. The van der Waals surface area contributed by atoms with Gasteiger partial charge in [-0.3, -0.25) is 48.5 Å². The monoisotopic (exact) mass is 756 g/mol. The number of benzene rings is 2. The molecule has 272 valence electrons. The Balaban J connectivity index is 1.08. The first-order chi connectivity index (χ1) is 25.5. The van der Waals surface area contributed by atoms with Crippen LogP contribution in [0.25, 0.3) is 5.00 Å². The fourth-order valence-electron chi connectivity index (χ4n) is 6.74. The molecule has 7 rings (SSSR count). The lowest BCUT2D eigenvalue weighted by atomic mass is 9.99.